The second-order valence-electron chi connectivity index (χ2n) is 5.56. The van der Waals surface area contributed by atoms with Crippen molar-refractivity contribution in [2.75, 3.05) is 6.61 Å². The first-order chi connectivity index (χ1) is 11.6. The Morgan fingerprint density at radius 3 is 2.58 bits per heavy atom. The van der Waals surface area contributed by atoms with Crippen LogP contribution in [0.3, 0.4) is 0 Å². The highest BCUT2D eigenvalue weighted by Gasteiger charge is 2.29. The fourth-order valence-electron chi connectivity index (χ4n) is 2.17. The number of benzene rings is 2. The average molecular weight is 343 g/mol. The van der Waals surface area contributed by atoms with Crippen LogP contribution in [0.1, 0.15) is 12.8 Å². The van der Waals surface area contributed by atoms with Gasteiger partial charge < -0.3 is 4.74 Å². The Kier molecular flexibility index (Phi) is 4.90. The molecule has 2 amide bonds. The third-order valence-corrected chi connectivity index (χ3v) is 3.80. The summed E-state index contributed by atoms with van der Waals surface area (Å²) in [7, 11) is 0. The molecule has 3 rings (SSSR count). The van der Waals surface area contributed by atoms with Gasteiger partial charge >= 0.3 is 0 Å². The van der Waals surface area contributed by atoms with Crippen LogP contribution in [0.4, 0.5) is 0 Å². The molecule has 7 heteroatoms. The zero-order valence-corrected chi connectivity index (χ0v) is 13.7. The van der Waals surface area contributed by atoms with Crippen LogP contribution in [0.25, 0.3) is 10.8 Å². The number of carbonyl (C=O) groups excluding carboxylic acids is 2. The molecule has 0 heterocycles. The molecular formula is C17H17N3O3S. The standard InChI is InChI=1S/C17H17N3O3S/c21-15(18-17(24)20-19-16(22)12-5-6-12)10-23-14-8-7-11-3-1-2-4-13(11)9-14/h1-4,7-9,12H,5-6,10H2,(H,19,22)(H2,18,20,21,24). The summed E-state index contributed by atoms with van der Waals surface area (Å²) in [5.41, 5.74) is 4.96. The average Bonchev–Trinajstić information content (AvgIpc) is 3.43. The number of ether oxygens (including phenoxy) is 1. The van der Waals surface area contributed by atoms with E-state index in [4.69, 9.17) is 17.0 Å². The Balaban J connectivity index is 1.43. The summed E-state index contributed by atoms with van der Waals surface area (Å²) in [4.78, 5) is 23.2. The summed E-state index contributed by atoms with van der Waals surface area (Å²) in [5.74, 6) is 0.150. The molecule has 6 nitrogen and oxygen atoms in total. The Labute approximate surface area is 144 Å². The van der Waals surface area contributed by atoms with Gasteiger partial charge in [0.1, 0.15) is 5.75 Å². The zero-order valence-electron chi connectivity index (χ0n) is 12.9. The van der Waals surface area contributed by atoms with Crippen LogP contribution >= 0.6 is 12.2 Å². The molecule has 0 aliphatic heterocycles. The Morgan fingerprint density at radius 2 is 1.83 bits per heavy atom. The van der Waals surface area contributed by atoms with Crippen LogP contribution in [0, 0.1) is 5.92 Å². The number of hydrogen-bond donors (Lipinski definition) is 3. The Bertz CT molecular complexity index is 789. The van der Waals surface area contributed by atoms with Gasteiger partial charge in [0, 0.05) is 5.92 Å². The van der Waals surface area contributed by atoms with E-state index in [-0.39, 0.29) is 23.5 Å². The predicted octanol–water partition coefficient (Wildman–Crippen LogP) is 1.65. The van der Waals surface area contributed by atoms with Gasteiger partial charge in [0.05, 0.1) is 0 Å². The number of nitrogens with one attached hydrogen (secondary N) is 3. The Morgan fingerprint density at radius 1 is 1.08 bits per heavy atom. The van der Waals surface area contributed by atoms with Crippen LogP contribution in [-0.2, 0) is 9.59 Å². The summed E-state index contributed by atoms with van der Waals surface area (Å²) in [6.07, 6.45) is 1.79. The second kappa shape index (κ2) is 7.27. The first-order valence-corrected chi connectivity index (χ1v) is 8.04. The fraction of sp³-hybridized carbons (Fsp3) is 0.235. The highest BCUT2D eigenvalue weighted by atomic mass is 32.1. The summed E-state index contributed by atoms with van der Waals surface area (Å²) < 4.78 is 5.46. The second-order valence-corrected chi connectivity index (χ2v) is 5.97. The highest BCUT2D eigenvalue weighted by Crippen LogP contribution is 2.28. The molecule has 0 radical (unpaired) electrons. The molecule has 3 N–H and O–H groups in total. The molecular weight excluding hydrogens is 326 g/mol. The van der Waals surface area contributed by atoms with Gasteiger partial charge in [-0.1, -0.05) is 30.3 Å². The minimum atomic E-state index is -0.402. The van der Waals surface area contributed by atoms with E-state index in [1.165, 1.54) is 0 Å². The first kappa shape index (κ1) is 16.2. The maximum atomic E-state index is 11.8. The van der Waals surface area contributed by atoms with Crippen molar-refractivity contribution in [3.05, 3.63) is 42.5 Å². The molecule has 1 fully saturated rings. The number of thiocarbonyl (C=S) groups is 1. The molecule has 124 valence electrons. The van der Waals surface area contributed by atoms with Gasteiger partial charge in [-0.2, -0.15) is 0 Å². The zero-order chi connectivity index (χ0) is 16.9. The molecule has 0 atom stereocenters. The lowest BCUT2D eigenvalue weighted by molar-refractivity contribution is -0.123. The van der Waals surface area contributed by atoms with E-state index in [9.17, 15) is 9.59 Å². The SMILES string of the molecule is O=C(COc1ccc2ccccc2c1)NC(=S)NNC(=O)C1CC1. The molecule has 2 aromatic carbocycles. The number of fused-ring (bicyclic) bond motifs is 1. The molecule has 1 aliphatic rings. The third kappa shape index (κ3) is 4.42. The van der Waals surface area contributed by atoms with Gasteiger partial charge in [0.25, 0.3) is 5.91 Å². The molecule has 1 saturated carbocycles. The highest BCUT2D eigenvalue weighted by molar-refractivity contribution is 7.80. The fourth-order valence-corrected chi connectivity index (χ4v) is 2.33. The molecule has 0 bridgehead atoms. The number of hydrazine groups is 1. The van der Waals surface area contributed by atoms with Crippen LogP contribution in [0.15, 0.2) is 42.5 Å². The quantitative estimate of drug-likeness (QED) is 0.581. The summed E-state index contributed by atoms with van der Waals surface area (Å²) in [5, 5.41) is 4.62. The van der Waals surface area contributed by atoms with Crippen molar-refractivity contribution in [2.24, 2.45) is 5.92 Å². The van der Waals surface area contributed by atoms with Crippen molar-refractivity contribution in [1.82, 2.24) is 16.2 Å². The van der Waals surface area contributed by atoms with E-state index in [0.29, 0.717) is 5.75 Å². The Hall–Kier alpha value is -2.67. The lowest BCUT2D eigenvalue weighted by atomic mass is 10.1. The third-order valence-electron chi connectivity index (χ3n) is 3.59. The van der Waals surface area contributed by atoms with Crippen LogP contribution in [0.5, 0.6) is 5.75 Å². The number of rotatable bonds is 4. The van der Waals surface area contributed by atoms with E-state index in [2.05, 4.69) is 16.2 Å². The van der Waals surface area contributed by atoms with Crippen LogP contribution < -0.4 is 20.9 Å². The minimum Gasteiger partial charge on any atom is -0.484 e. The summed E-state index contributed by atoms with van der Waals surface area (Å²) in [6.45, 7) is -0.170. The van der Waals surface area contributed by atoms with Crippen LogP contribution in [-0.4, -0.2) is 23.5 Å². The molecule has 0 saturated heterocycles. The minimum absolute atomic E-state index is 0.0381. The molecule has 2 aromatic rings. The van der Waals surface area contributed by atoms with Crippen molar-refractivity contribution in [3.8, 4) is 5.75 Å². The lowest BCUT2D eigenvalue weighted by Gasteiger charge is -2.11. The van der Waals surface area contributed by atoms with E-state index >= 15 is 0 Å². The topological polar surface area (TPSA) is 79.5 Å². The lowest BCUT2D eigenvalue weighted by Crippen LogP contribution is -2.49. The molecule has 1 aliphatic carbocycles. The van der Waals surface area contributed by atoms with E-state index < -0.39 is 5.91 Å². The number of carbonyl (C=O) groups is 2. The largest absolute Gasteiger partial charge is 0.484 e. The summed E-state index contributed by atoms with van der Waals surface area (Å²) in [6, 6.07) is 13.5. The van der Waals surface area contributed by atoms with Crippen molar-refractivity contribution >= 4 is 39.9 Å². The molecule has 0 spiro atoms. The van der Waals surface area contributed by atoms with Crippen molar-refractivity contribution in [1.29, 1.82) is 0 Å². The number of hydrogen-bond acceptors (Lipinski definition) is 4. The van der Waals surface area contributed by atoms with Crippen molar-refractivity contribution in [2.45, 2.75) is 12.8 Å². The van der Waals surface area contributed by atoms with Gasteiger partial charge in [0.15, 0.2) is 11.7 Å². The van der Waals surface area contributed by atoms with Gasteiger partial charge in [0.2, 0.25) is 5.91 Å². The van der Waals surface area contributed by atoms with Gasteiger partial charge in [-0.25, -0.2) is 0 Å². The molecule has 24 heavy (non-hydrogen) atoms. The predicted molar refractivity (Wildman–Crippen MR) is 94.2 cm³/mol. The van der Waals surface area contributed by atoms with Gasteiger partial charge in [-0.15, -0.1) is 0 Å². The smallest absolute Gasteiger partial charge is 0.264 e. The van der Waals surface area contributed by atoms with Crippen molar-refractivity contribution < 1.29 is 14.3 Å². The van der Waals surface area contributed by atoms with E-state index in [1.54, 1.807) is 0 Å². The number of amides is 2. The maximum Gasteiger partial charge on any atom is 0.264 e. The first-order valence-electron chi connectivity index (χ1n) is 7.63. The van der Waals surface area contributed by atoms with E-state index in [0.717, 1.165) is 23.6 Å². The van der Waals surface area contributed by atoms with Gasteiger partial charge in [-0.05, 0) is 48.0 Å². The van der Waals surface area contributed by atoms with Crippen molar-refractivity contribution in [3.63, 3.8) is 0 Å². The molecule has 0 aromatic heterocycles. The van der Waals surface area contributed by atoms with E-state index in [1.807, 2.05) is 42.5 Å². The van der Waals surface area contributed by atoms with Crippen LogP contribution in [0.2, 0.25) is 0 Å². The van der Waals surface area contributed by atoms with Gasteiger partial charge in [-0.3, -0.25) is 25.8 Å². The monoisotopic (exact) mass is 343 g/mol. The normalized spacial score (nSPS) is 13.2. The molecule has 0 unspecified atom stereocenters. The summed E-state index contributed by atoms with van der Waals surface area (Å²) >= 11 is 4.94. The maximum absolute atomic E-state index is 11.8.